The highest BCUT2D eigenvalue weighted by molar-refractivity contribution is 7.98. The van der Waals surface area contributed by atoms with Gasteiger partial charge >= 0.3 is 0 Å². The average molecular weight is 326 g/mol. The second-order valence-electron chi connectivity index (χ2n) is 5.01. The molecule has 0 fully saturated rings. The molecule has 0 saturated carbocycles. The maximum absolute atomic E-state index is 11.3. The summed E-state index contributed by atoms with van der Waals surface area (Å²) in [4.78, 5) is 19.9. The van der Waals surface area contributed by atoms with E-state index < -0.39 is 0 Å². The molecule has 0 spiro atoms. The lowest BCUT2D eigenvalue weighted by Gasteiger charge is -2.09. The molecule has 3 aromatic rings. The second kappa shape index (κ2) is 6.21. The van der Waals surface area contributed by atoms with Crippen LogP contribution in [0.3, 0.4) is 0 Å². The summed E-state index contributed by atoms with van der Waals surface area (Å²) in [5.41, 5.74) is 2.76. The minimum Gasteiger partial charge on any atom is -0.340 e. The summed E-state index contributed by atoms with van der Waals surface area (Å²) < 4.78 is 0. The molecular formula is C16H14N4O2S. The highest BCUT2D eigenvalue weighted by Crippen LogP contribution is 2.34. The summed E-state index contributed by atoms with van der Waals surface area (Å²) in [7, 11) is 0. The summed E-state index contributed by atoms with van der Waals surface area (Å²) in [6, 6.07) is 11.1. The number of aromatic nitrogens is 2. The predicted molar refractivity (Wildman–Crippen MR) is 92.4 cm³/mol. The summed E-state index contributed by atoms with van der Waals surface area (Å²) in [6.45, 7) is 2.01. The van der Waals surface area contributed by atoms with Gasteiger partial charge in [-0.2, -0.15) is 0 Å². The Morgan fingerprint density at radius 2 is 1.91 bits per heavy atom. The van der Waals surface area contributed by atoms with E-state index in [-0.39, 0.29) is 10.6 Å². The van der Waals surface area contributed by atoms with Gasteiger partial charge in [-0.05, 0) is 31.4 Å². The molecule has 0 aliphatic heterocycles. The first-order valence-corrected chi connectivity index (χ1v) is 8.12. The molecule has 23 heavy (non-hydrogen) atoms. The number of fused-ring (bicyclic) bond motifs is 1. The number of anilines is 2. The molecule has 7 heteroatoms. The number of rotatable bonds is 4. The molecular weight excluding hydrogens is 312 g/mol. The van der Waals surface area contributed by atoms with Crippen LogP contribution in [0.15, 0.2) is 47.6 Å². The van der Waals surface area contributed by atoms with Crippen molar-refractivity contribution < 1.29 is 4.92 Å². The number of nitro groups is 1. The number of hydrogen-bond donors (Lipinski definition) is 1. The standard InChI is InChI=1S/C16H14N4O2S/c1-10-3-5-11(6-4-10)19-16-12-7-14(20(21)22)15(23-2)8-13(12)17-9-18-16/h3-9H,1-2H3,(H,17,18,19). The van der Waals surface area contributed by atoms with Crippen LogP contribution in [0.4, 0.5) is 17.2 Å². The summed E-state index contributed by atoms with van der Waals surface area (Å²) >= 11 is 1.33. The Balaban J connectivity index is 2.11. The molecule has 116 valence electrons. The van der Waals surface area contributed by atoms with E-state index in [2.05, 4.69) is 15.3 Å². The number of hydrogen-bond acceptors (Lipinski definition) is 6. The molecule has 1 N–H and O–H groups in total. The van der Waals surface area contributed by atoms with Crippen LogP contribution < -0.4 is 5.32 Å². The van der Waals surface area contributed by atoms with Gasteiger partial charge in [-0.15, -0.1) is 11.8 Å². The molecule has 0 radical (unpaired) electrons. The maximum Gasteiger partial charge on any atom is 0.283 e. The van der Waals surface area contributed by atoms with Gasteiger partial charge in [0, 0.05) is 17.1 Å². The Kier molecular flexibility index (Phi) is 4.12. The van der Waals surface area contributed by atoms with Crippen LogP contribution in [0.2, 0.25) is 0 Å². The van der Waals surface area contributed by atoms with Crippen LogP contribution >= 0.6 is 11.8 Å². The van der Waals surface area contributed by atoms with Crippen molar-refractivity contribution in [1.82, 2.24) is 9.97 Å². The number of nitro benzene ring substituents is 1. The number of thioether (sulfide) groups is 1. The molecule has 3 rings (SSSR count). The van der Waals surface area contributed by atoms with Crippen molar-refractivity contribution in [3.63, 3.8) is 0 Å². The van der Waals surface area contributed by atoms with E-state index in [4.69, 9.17) is 0 Å². The molecule has 0 saturated heterocycles. The van der Waals surface area contributed by atoms with E-state index in [9.17, 15) is 10.1 Å². The van der Waals surface area contributed by atoms with E-state index in [1.54, 1.807) is 12.3 Å². The number of nitrogens with one attached hydrogen (secondary N) is 1. The SMILES string of the molecule is CSc1cc2ncnc(Nc3ccc(C)cc3)c2cc1[N+](=O)[O-]. The predicted octanol–water partition coefficient (Wildman–Crippen LogP) is 4.31. The van der Waals surface area contributed by atoms with Crippen LogP contribution in [-0.4, -0.2) is 21.1 Å². The fourth-order valence-electron chi connectivity index (χ4n) is 2.25. The van der Waals surface area contributed by atoms with E-state index in [1.165, 1.54) is 24.2 Å². The molecule has 0 amide bonds. The van der Waals surface area contributed by atoms with Crippen molar-refractivity contribution in [3.05, 3.63) is 58.4 Å². The average Bonchev–Trinajstić information content (AvgIpc) is 2.56. The Labute approximate surface area is 137 Å². The molecule has 0 bridgehead atoms. The lowest BCUT2D eigenvalue weighted by Crippen LogP contribution is -1.98. The smallest absolute Gasteiger partial charge is 0.283 e. The number of aryl methyl sites for hydroxylation is 1. The van der Waals surface area contributed by atoms with Crippen molar-refractivity contribution >= 4 is 39.9 Å². The zero-order valence-electron chi connectivity index (χ0n) is 12.6. The third-order valence-electron chi connectivity index (χ3n) is 3.45. The van der Waals surface area contributed by atoms with Gasteiger partial charge in [-0.1, -0.05) is 17.7 Å². The van der Waals surface area contributed by atoms with Crippen LogP contribution in [0.1, 0.15) is 5.56 Å². The van der Waals surface area contributed by atoms with E-state index in [1.807, 2.05) is 31.2 Å². The van der Waals surface area contributed by atoms with Gasteiger partial charge < -0.3 is 5.32 Å². The van der Waals surface area contributed by atoms with Crippen molar-refractivity contribution in [3.8, 4) is 0 Å². The first-order valence-electron chi connectivity index (χ1n) is 6.89. The van der Waals surface area contributed by atoms with Gasteiger partial charge in [0.15, 0.2) is 0 Å². The minimum atomic E-state index is -0.381. The van der Waals surface area contributed by atoms with Crippen LogP contribution in [-0.2, 0) is 0 Å². The van der Waals surface area contributed by atoms with Gasteiger partial charge in [0.25, 0.3) is 5.69 Å². The van der Waals surface area contributed by atoms with Gasteiger partial charge in [0.2, 0.25) is 0 Å². The molecule has 6 nitrogen and oxygen atoms in total. The van der Waals surface area contributed by atoms with Crippen LogP contribution in [0.5, 0.6) is 0 Å². The summed E-state index contributed by atoms with van der Waals surface area (Å²) in [6.07, 6.45) is 3.26. The Hall–Kier alpha value is -2.67. The number of nitrogens with zero attached hydrogens (tertiary/aromatic N) is 3. The lowest BCUT2D eigenvalue weighted by molar-refractivity contribution is -0.387. The fourth-order valence-corrected chi connectivity index (χ4v) is 2.82. The van der Waals surface area contributed by atoms with Crippen molar-refractivity contribution in [2.45, 2.75) is 11.8 Å². The molecule has 2 aromatic carbocycles. The molecule has 1 heterocycles. The van der Waals surface area contributed by atoms with E-state index >= 15 is 0 Å². The molecule has 0 atom stereocenters. The second-order valence-corrected chi connectivity index (χ2v) is 5.86. The van der Waals surface area contributed by atoms with E-state index in [0.29, 0.717) is 21.6 Å². The Morgan fingerprint density at radius 3 is 2.57 bits per heavy atom. The quantitative estimate of drug-likeness (QED) is 0.437. The summed E-state index contributed by atoms with van der Waals surface area (Å²) in [5, 5.41) is 15.1. The van der Waals surface area contributed by atoms with Crippen LogP contribution in [0, 0.1) is 17.0 Å². The van der Waals surface area contributed by atoms with Gasteiger partial charge in [-0.25, -0.2) is 9.97 Å². The zero-order chi connectivity index (χ0) is 16.4. The zero-order valence-corrected chi connectivity index (χ0v) is 13.4. The Bertz CT molecular complexity index is 881. The van der Waals surface area contributed by atoms with Crippen LogP contribution in [0.25, 0.3) is 10.9 Å². The highest BCUT2D eigenvalue weighted by atomic mass is 32.2. The topological polar surface area (TPSA) is 81.0 Å². The Morgan fingerprint density at radius 1 is 1.17 bits per heavy atom. The molecule has 0 unspecified atom stereocenters. The normalized spacial score (nSPS) is 10.7. The largest absolute Gasteiger partial charge is 0.340 e. The maximum atomic E-state index is 11.3. The third kappa shape index (κ3) is 3.09. The number of benzene rings is 2. The lowest BCUT2D eigenvalue weighted by atomic mass is 10.2. The summed E-state index contributed by atoms with van der Waals surface area (Å²) in [5.74, 6) is 0.551. The first-order chi connectivity index (χ1) is 11.1. The van der Waals surface area contributed by atoms with Crippen molar-refractivity contribution in [2.75, 3.05) is 11.6 Å². The molecule has 0 aliphatic rings. The highest BCUT2D eigenvalue weighted by Gasteiger charge is 2.17. The first kappa shape index (κ1) is 15.2. The molecule has 0 aliphatic carbocycles. The van der Waals surface area contributed by atoms with Gasteiger partial charge in [0.05, 0.1) is 15.3 Å². The van der Waals surface area contributed by atoms with Gasteiger partial charge in [-0.3, -0.25) is 10.1 Å². The molecule has 1 aromatic heterocycles. The monoisotopic (exact) mass is 326 g/mol. The van der Waals surface area contributed by atoms with E-state index in [0.717, 1.165) is 11.3 Å². The third-order valence-corrected chi connectivity index (χ3v) is 4.21. The van der Waals surface area contributed by atoms with Crippen molar-refractivity contribution in [1.29, 1.82) is 0 Å². The van der Waals surface area contributed by atoms with Crippen molar-refractivity contribution in [2.24, 2.45) is 0 Å². The minimum absolute atomic E-state index is 0.0618. The van der Waals surface area contributed by atoms with Gasteiger partial charge in [0.1, 0.15) is 12.1 Å². The fraction of sp³-hybridized carbons (Fsp3) is 0.125.